The second-order valence-corrected chi connectivity index (χ2v) is 13.4. The Kier molecular flexibility index (Phi) is 6.22. The molecule has 3 heterocycles. The molecule has 0 aliphatic carbocycles. The first kappa shape index (κ1) is 28.8. The summed E-state index contributed by atoms with van der Waals surface area (Å²) in [5.74, 6) is 0.654. The third-order valence-electron chi connectivity index (χ3n) is 10.5. The maximum Gasteiger partial charge on any atom is 0.235 e. The highest BCUT2D eigenvalue weighted by Crippen LogP contribution is 2.47. The van der Waals surface area contributed by atoms with Crippen LogP contribution in [0.15, 0.2) is 182 Å². The molecule has 0 atom stereocenters. The number of aromatic nitrogens is 4. The van der Waals surface area contributed by atoms with Gasteiger partial charge in [-0.1, -0.05) is 146 Å². The molecule has 11 aromatic rings. The summed E-state index contributed by atoms with van der Waals surface area (Å²) >= 11 is 0. The van der Waals surface area contributed by atoms with Gasteiger partial charge >= 0.3 is 0 Å². The maximum absolute atomic E-state index is 5.44. The van der Waals surface area contributed by atoms with Crippen LogP contribution in [0, 0.1) is 0 Å². The molecule has 0 N–H and O–H groups in total. The first-order chi connectivity index (χ1) is 25.8. The second kappa shape index (κ2) is 11.2. The van der Waals surface area contributed by atoms with E-state index in [1.54, 1.807) is 0 Å². The largest absolute Gasteiger partial charge is 0.309 e. The van der Waals surface area contributed by atoms with Crippen LogP contribution in [0.4, 0.5) is 0 Å². The quantitative estimate of drug-likeness (QED) is 0.188. The lowest BCUT2D eigenvalue weighted by Gasteiger charge is -2.14. The zero-order valence-corrected chi connectivity index (χ0v) is 28.1. The van der Waals surface area contributed by atoms with Crippen LogP contribution in [0.5, 0.6) is 0 Å². The summed E-state index contributed by atoms with van der Waals surface area (Å²) in [5, 5.41) is 8.17. The standard InChI is InChI=1S/C48H30N4/c1-4-16-31(17-5-1)33-28-29-42-39(30-33)44-43-38-25-13-15-27-41(38)51(34-20-8-3-9-21-34)46(43)35-22-10-11-23-36(35)47(44)52(42)48-49-40-26-14-12-24-37(40)45(50-48)32-18-6-2-7-19-32/h1-30H. The van der Waals surface area contributed by atoms with Gasteiger partial charge in [-0.2, -0.15) is 0 Å². The number of para-hydroxylation sites is 3. The van der Waals surface area contributed by atoms with Crippen LogP contribution < -0.4 is 0 Å². The van der Waals surface area contributed by atoms with Crippen LogP contribution >= 0.6 is 0 Å². The van der Waals surface area contributed by atoms with Crippen molar-refractivity contribution in [2.75, 3.05) is 0 Å². The predicted molar refractivity (Wildman–Crippen MR) is 217 cm³/mol. The van der Waals surface area contributed by atoms with E-state index in [9.17, 15) is 0 Å². The number of hydrogen-bond acceptors (Lipinski definition) is 2. The Balaban J connectivity index is 1.39. The van der Waals surface area contributed by atoms with Gasteiger partial charge in [-0.25, -0.2) is 9.97 Å². The number of nitrogens with zero attached hydrogens (tertiary/aromatic N) is 4. The monoisotopic (exact) mass is 662 g/mol. The third-order valence-corrected chi connectivity index (χ3v) is 10.5. The lowest BCUT2D eigenvalue weighted by atomic mass is 9.97. The first-order valence-corrected chi connectivity index (χ1v) is 17.7. The minimum absolute atomic E-state index is 0.654. The van der Waals surface area contributed by atoms with Crippen molar-refractivity contribution in [1.82, 2.24) is 19.1 Å². The lowest BCUT2D eigenvalue weighted by molar-refractivity contribution is 1.02. The van der Waals surface area contributed by atoms with Gasteiger partial charge in [0.25, 0.3) is 0 Å². The van der Waals surface area contributed by atoms with E-state index in [0.29, 0.717) is 5.95 Å². The summed E-state index contributed by atoms with van der Waals surface area (Å²) in [5.41, 5.74) is 10.9. The molecule has 4 nitrogen and oxygen atoms in total. The van der Waals surface area contributed by atoms with Gasteiger partial charge < -0.3 is 4.57 Å². The van der Waals surface area contributed by atoms with E-state index in [-0.39, 0.29) is 0 Å². The zero-order chi connectivity index (χ0) is 34.2. The Bertz CT molecular complexity index is 3160. The summed E-state index contributed by atoms with van der Waals surface area (Å²) in [4.78, 5) is 10.8. The molecule has 0 aliphatic rings. The Labute approximate surface area is 299 Å². The predicted octanol–water partition coefficient (Wildman–Crippen LogP) is 12.3. The van der Waals surface area contributed by atoms with Gasteiger partial charge in [0.15, 0.2) is 0 Å². The normalized spacial score (nSPS) is 11.8. The molecule has 0 radical (unpaired) electrons. The highest BCUT2D eigenvalue weighted by Gasteiger charge is 2.26. The molecule has 0 aliphatic heterocycles. The fourth-order valence-corrected chi connectivity index (χ4v) is 8.29. The fraction of sp³-hybridized carbons (Fsp3) is 0. The van der Waals surface area contributed by atoms with Crippen molar-refractivity contribution in [3.05, 3.63) is 182 Å². The van der Waals surface area contributed by atoms with Gasteiger partial charge in [0.1, 0.15) is 0 Å². The van der Waals surface area contributed by atoms with Crippen LogP contribution in [-0.4, -0.2) is 19.1 Å². The van der Waals surface area contributed by atoms with E-state index in [4.69, 9.17) is 9.97 Å². The average molecular weight is 663 g/mol. The first-order valence-electron chi connectivity index (χ1n) is 17.7. The van der Waals surface area contributed by atoms with Crippen LogP contribution in [-0.2, 0) is 0 Å². The Hall–Kier alpha value is -7.04. The average Bonchev–Trinajstić information content (AvgIpc) is 3.75. The number of hydrogen-bond donors (Lipinski definition) is 0. The van der Waals surface area contributed by atoms with E-state index in [1.165, 1.54) is 49.1 Å². The van der Waals surface area contributed by atoms with Gasteiger partial charge in [0, 0.05) is 49.0 Å². The van der Waals surface area contributed by atoms with Gasteiger partial charge in [0.05, 0.1) is 33.3 Å². The van der Waals surface area contributed by atoms with Crippen molar-refractivity contribution in [2.45, 2.75) is 0 Å². The number of fused-ring (bicyclic) bond motifs is 11. The third kappa shape index (κ3) is 4.15. The van der Waals surface area contributed by atoms with Gasteiger partial charge in [-0.15, -0.1) is 0 Å². The van der Waals surface area contributed by atoms with Crippen molar-refractivity contribution in [1.29, 1.82) is 0 Å². The summed E-state index contributed by atoms with van der Waals surface area (Å²) in [6, 6.07) is 64.7. The van der Waals surface area contributed by atoms with Gasteiger partial charge in [-0.3, -0.25) is 4.57 Å². The molecule has 0 saturated carbocycles. The van der Waals surface area contributed by atoms with E-state index in [1.807, 2.05) is 6.07 Å². The molecule has 0 spiro atoms. The maximum atomic E-state index is 5.44. The van der Waals surface area contributed by atoms with Gasteiger partial charge in [0.2, 0.25) is 5.95 Å². The van der Waals surface area contributed by atoms with Crippen molar-refractivity contribution < 1.29 is 0 Å². The fourth-order valence-electron chi connectivity index (χ4n) is 8.29. The van der Waals surface area contributed by atoms with Crippen LogP contribution in [0.25, 0.3) is 99.3 Å². The van der Waals surface area contributed by atoms with Crippen molar-refractivity contribution in [2.24, 2.45) is 0 Å². The molecule has 8 aromatic carbocycles. The minimum Gasteiger partial charge on any atom is -0.309 e. The van der Waals surface area contributed by atoms with Crippen LogP contribution in [0.3, 0.4) is 0 Å². The summed E-state index contributed by atoms with van der Waals surface area (Å²) in [6.07, 6.45) is 0. The SMILES string of the molecule is c1ccc(-c2ccc3c(c2)c2c4c5ccccc5n(-c5ccccc5)c4c4ccccc4c2n3-c2nc(-c3ccccc3)c3ccccc3n2)cc1. The highest BCUT2D eigenvalue weighted by molar-refractivity contribution is 6.37. The molecule has 4 heteroatoms. The molecule has 242 valence electrons. The molecule has 0 unspecified atom stereocenters. The molecule has 0 bridgehead atoms. The van der Waals surface area contributed by atoms with Crippen LogP contribution in [0.1, 0.15) is 0 Å². The lowest BCUT2D eigenvalue weighted by Crippen LogP contribution is -2.04. The molecule has 3 aromatic heterocycles. The Morgan fingerprint density at radius 2 is 0.885 bits per heavy atom. The van der Waals surface area contributed by atoms with Crippen molar-refractivity contribution >= 4 is 65.3 Å². The topological polar surface area (TPSA) is 35.6 Å². The Morgan fingerprint density at radius 1 is 0.346 bits per heavy atom. The van der Waals surface area contributed by atoms with E-state index in [2.05, 4.69) is 185 Å². The van der Waals surface area contributed by atoms with Gasteiger partial charge in [-0.05, 0) is 47.5 Å². The molecular formula is C48H30N4. The molecule has 11 rings (SSSR count). The van der Waals surface area contributed by atoms with Crippen molar-refractivity contribution in [3.8, 4) is 34.0 Å². The Morgan fingerprint density at radius 3 is 1.62 bits per heavy atom. The summed E-state index contributed by atoms with van der Waals surface area (Å²) in [6.45, 7) is 0. The van der Waals surface area contributed by atoms with E-state index >= 15 is 0 Å². The second-order valence-electron chi connectivity index (χ2n) is 13.4. The number of benzene rings is 8. The molecule has 52 heavy (non-hydrogen) atoms. The highest BCUT2D eigenvalue weighted by atomic mass is 15.2. The van der Waals surface area contributed by atoms with Crippen LogP contribution in [0.2, 0.25) is 0 Å². The van der Waals surface area contributed by atoms with E-state index in [0.717, 1.165) is 44.3 Å². The molecule has 0 amide bonds. The summed E-state index contributed by atoms with van der Waals surface area (Å²) in [7, 11) is 0. The van der Waals surface area contributed by atoms with E-state index < -0.39 is 0 Å². The zero-order valence-electron chi connectivity index (χ0n) is 28.1. The number of rotatable bonds is 4. The van der Waals surface area contributed by atoms with Crippen molar-refractivity contribution in [3.63, 3.8) is 0 Å². The smallest absolute Gasteiger partial charge is 0.235 e. The molecule has 0 fully saturated rings. The molecule has 0 saturated heterocycles. The molecular weight excluding hydrogens is 633 g/mol. The summed E-state index contributed by atoms with van der Waals surface area (Å²) < 4.78 is 4.76. The minimum atomic E-state index is 0.654.